The Labute approximate surface area is 162 Å². The zero-order chi connectivity index (χ0) is 16.7. The average Bonchev–Trinajstić information content (AvgIpc) is 2.94. The van der Waals surface area contributed by atoms with E-state index in [2.05, 4.69) is 24.5 Å². The number of hydrogen-bond acceptors (Lipinski definition) is 2. The van der Waals surface area contributed by atoms with Gasteiger partial charge in [-0.3, -0.25) is 9.89 Å². The molecule has 0 radical (unpaired) electrons. The average molecular weight is 458 g/mol. The second kappa shape index (κ2) is 10.7. The largest absolute Gasteiger partial charge is 0.357 e. The highest BCUT2D eigenvalue weighted by molar-refractivity contribution is 14.0. The molecule has 1 aliphatic heterocycles. The van der Waals surface area contributed by atoms with Crippen LogP contribution in [0.2, 0.25) is 0 Å². The monoisotopic (exact) mass is 458 g/mol. The van der Waals surface area contributed by atoms with E-state index in [0.29, 0.717) is 11.5 Å². The maximum absolute atomic E-state index is 12.4. The van der Waals surface area contributed by atoms with Crippen molar-refractivity contribution in [3.8, 4) is 0 Å². The summed E-state index contributed by atoms with van der Waals surface area (Å²) in [6.07, 6.45) is 4.73. The minimum atomic E-state index is -2.23. The third-order valence-corrected chi connectivity index (χ3v) is 5.10. The molecule has 1 saturated carbocycles. The molecule has 2 N–H and O–H groups in total. The Morgan fingerprint density at radius 2 is 1.88 bits per heavy atom. The van der Waals surface area contributed by atoms with Crippen molar-refractivity contribution in [2.24, 2.45) is 10.4 Å². The molecule has 0 aromatic carbocycles. The van der Waals surface area contributed by atoms with Gasteiger partial charge >= 0.3 is 0 Å². The molecule has 142 valence electrons. The second-order valence-corrected chi connectivity index (χ2v) is 7.32. The molecule has 0 bridgehead atoms. The number of nitrogens with one attached hydrogen (secondary N) is 2. The summed E-state index contributed by atoms with van der Waals surface area (Å²) in [4.78, 5) is 6.64. The molecule has 0 spiro atoms. The van der Waals surface area contributed by atoms with Crippen molar-refractivity contribution in [1.82, 2.24) is 15.5 Å². The van der Waals surface area contributed by atoms with Gasteiger partial charge in [0.15, 0.2) is 5.96 Å². The summed E-state index contributed by atoms with van der Waals surface area (Å²) in [5.41, 5.74) is 0.350. The van der Waals surface area contributed by atoms with E-state index in [1.54, 1.807) is 0 Å². The Hall–Kier alpha value is -0.180. The highest BCUT2D eigenvalue weighted by atomic mass is 127. The predicted octanol–water partition coefficient (Wildman–Crippen LogP) is 3.47. The van der Waals surface area contributed by atoms with E-state index in [-0.39, 0.29) is 30.5 Å². The van der Waals surface area contributed by atoms with Crippen molar-refractivity contribution in [1.29, 1.82) is 0 Å². The number of alkyl halides is 2. The van der Waals surface area contributed by atoms with Gasteiger partial charge in [0.1, 0.15) is 0 Å². The predicted molar refractivity (Wildman–Crippen MR) is 107 cm³/mol. The molecule has 0 aromatic rings. The summed E-state index contributed by atoms with van der Waals surface area (Å²) >= 11 is 0. The van der Waals surface area contributed by atoms with Gasteiger partial charge in [-0.1, -0.05) is 19.8 Å². The van der Waals surface area contributed by atoms with Crippen LogP contribution in [0.15, 0.2) is 4.99 Å². The second-order valence-electron chi connectivity index (χ2n) is 7.32. The number of likely N-dealkylation sites (tertiary alicyclic amines) is 1. The fraction of sp³-hybridized carbons (Fsp3) is 0.941. The zero-order valence-corrected chi connectivity index (χ0v) is 17.3. The van der Waals surface area contributed by atoms with Crippen LogP contribution in [0.5, 0.6) is 0 Å². The van der Waals surface area contributed by atoms with E-state index in [0.717, 1.165) is 45.0 Å². The Morgan fingerprint density at radius 1 is 1.25 bits per heavy atom. The molecule has 0 aromatic heterocycles. The number of halogens is 3. The first-order valence-electron chi connectivity index (χ1n) is 9.06. The first-order valence-corrected chi connectivity index (χ1v) is 9.06. The normalized spacial score (nSPS) is 22.5. The number of rotatable bonds is 6. The maximum Gasteiger partial charge on any atom is 0.251 e. The third kappa shape index (κ3) is 7.37. The van der Waals surface area contributed by atoms with Crippen LogP contribution in [-0.2, 0) is 0 Å². The van der Waals surface area contributed by atoms with Crippen molar-refractivity contribution in [2.45, 2.75) is 64.8 Å². The number of nitrogens with zero attached hydrogens (tertiary/aromatic N) is 2. The van der Waals surface area contributed by atoms with E-state index >= 15 is 0 Å². The molecule has 24 heavy (non-hydrogen) atoms. The fourth-order valence-corrected chi connectivity index (χ4v) is 3.63. The van der Waals surface area contributed by atoms with Gasteiger partial charge in [0, 0.05) is 32.2 Å². The third-order valence-electron chi connectivity index (χ3n) is 5.10. The number of guanidine groups is 1. The molecule has 4 nitrogen and oxygen atoms in total. The quantitative estimate of drug-likeness (QED) is 0.364. The van der Waals surface area contributed by atoms with Gasteiger partial charge in [-0.25, -0.2) is 8.78 Å². The smallest absolute Gasteiger partial charge is 0.251 e. The van der Waals surface area contributed by atoms with Crippen LogP contribution in [0.3, 0.4) is 0 Å². The molecule has 2 fully saturated rings. The van der Waals surface area contributed by atoms with Gasteiger partial charge in [-0.05, 0) is 38.0 Å². The zero-order valence-electron chi connectivity index (χ0n) is 15.0. The van der Waals surface area contributed by atoms with Crippen molar-refractivity contribution < 1.29 is 8.78 Å². The number of aliphatic imine (C=N–C) groups is 1. The molecule has 2 aliphatic rings. The Kier molecular flexibility index (Phi) is 9.77. The highest BCUT2D eigenvalue weighted by Crippen LogP contribution is 2.37. The minimum Gasteiger partial charge on any atom is -0.357 e. The van der Waals surface area contributed by atoms with Crippen LogP contribution in [0.25, 0.3) is 0 Å². The Balaban J connectivity index is 0.00000288. The molecular formula is C17H33F2IN4. The molecule has 0 unspecified atom stereocenters. The maximum atomic E-state index is 12.4. The number of piperidine rings is 1. The topological polar surface area (TPSA) is 39.7 Å². The first kappa shape index (κ1) is 21.9. The highest BCUT2D eigenvalue weighted by Gasteiger charge is 2.28. The van der Waals surface area contributed by atoms with Gasteiger partial charge in [-0.2, -0.15) is 0 Å². The van der Waals surface area contributed by atoms with Crippen LogP contribution in [0, 0.1) is 5.41 Å². The summed E-state index contributed by atoms with van der Waals surface area (Å²) in [6, 6.07) is 0.332. The van der Waals surface area contributed by atoms with E-state index in [4.69, 9.17) is 4.99 Å². The van der Waals surface area contributed by atoms with Crippen molar-refractivity contribution in [3.63, 3.8) is 0 Å². The molecule has 1 heterocycles. The van der Waals surface area contributed by atoms with Crippen molar-refractivity contribution in [3.05, 3.63) is 0 Å². The minimum absolute atomic E-state index is 0. The van der Waals surface area contributed by atoms with Crippen LogP contribution in [0.1, 0.15) is 52.4 Å². The van der Waals surface area contributed by atoms with Crippen LogP contribution >= 0.6 is 24.0 Å². The lowest BCUT2D eigenvalue weighted by Crippen LogP contribution is -2.49. The Morgan fingerprint density at radius 3 is 2.42 bits per heavy atom. The molecular weight excluding hydrogens is 425 g/mol. The number of hydrogen-bond donors (Lipinski definition) is 2. The molecule has 2 rings (SSSR count). The summed E-state index contributed by atoms with van der Waals surface area (Å²) in [7, 11) is 0. The van der Waals surface area contributed by atoms with Crippen molar-refractivity contribution >= 4 is 29.9 Å². The first-order chi connectivity index (χ1) is 11.0. The molecule has 1 saturated heterocycles. The van der Waals surface area contributed by atoms with E-state index in [1.807, 2.05) is 4.90 Å². The molecule has 1 aliphatic carbocycles. The van der Waals surface area contributed by atoms with E-state index < -0.39 is 6.43 Å². The van der Waals surface area contributed by atoms with Crippen LogP contribution < -0.4 is 10.6 Å². The lowest BCUT2D eigenvalue weighted by molar-refractivity contribution is 0.0744. The lowest BCUT2D eigenvalue weighted by Gasteiger charge is -2.33. The standard InChI is InChI=1S/C17H32F2N4.HI/c1-3-20-16(21-13-17(2)8-4-5-9-17)22-14-6-10-23(11-7-14)12-15(18)19;/h14-15H,3-13H2,1-2H3,(H2,20,21,22);1H. The summed E-state index contributed by atoms with van der Waals surface area (Å²) in [5.74, 6) is 0.882. The van der Waals surface area contributed by atoms with Crippen LogP contribution in [-0.4, -0.2) is 56.1 Å². The van der Waals surface area contributed by atoms with E-state index in [9.17, 15) is 8.78 Å². The molecule has 7 heteroatoms. The van der Waals surface area contributed by atoms with Gasteiger partial charge in [0.2, 0.25) is 0 Å². The van der Waals surface area contributed by atoms with Gasteiger partial charge in [0.05, 0.1) is 6.54 Å². The van der Waals surface area contributed by atoms with E-state index in [1.165, 1.54) is 25.7 Å². The summed E-state index contributed by atoms with van der Waals surface area (Å²) in [5, 5.41) is 6.82. The van der Waals surface area contributed by atoms with Gasteiger partial charge in [0.25, 0.3) is 6.43 Å². The van der Waals surface area contributed by atoms with Crippen molar-refractivity contribution in [2.75, 3.05) is 32.7 Å². The lowest BCUT2D eigenvalue weighted by atomic mass is 9.89. The summed E-state index contributed by atoms with van der Waals surface area (Å²) < 4.78 is 24.8. The summed E-state index contributed by atoms with van der Waals surface area (Å²) in [6.45, 7) is 7.48. The van der Waals surface area contributed by atoms with Crippen LogP contribution in [0.4, 0.5) is 8.78 Å². The molecule has 0 amide bonds. The fourth-order valence-electron chi connectivity index (χ4n) is 3.63. The molecule has 0 atom stereocenters. The SMILES string of the molecule is CCNC(=NCC1(C)CCCC1)NC1CCN(CC(F)F)CC1.I. The Bertz CT molecular complexity index is 379. The van der Waals surface area contributed by atoms with Gasteiger partial charge in [-0.15, -0.1) is 24.0 Å². The van der Waals surface area contributed by atoms with Gasteiger partial charge < -0.3 is 10.6 Å².